The molecule has 2 aliphatic rings. The lowest BCUT2D eigenvalue weighted by atomic mass is 9.95. The zero-order valence-electron chi connectivity index (χ0n) is 18.8. The number of benzene rings is 1. The minimum absolute atomic E-state index is 0.0740. The van der Waals surface area contributed by atoms with Crippen molar-refractivity contribution < 1.29 is 9.53 Å². The van der Waals surface area contributed by atoms with Crippen LogP contribution in [0.25, 0.3) is 0 Å². The van der Waals surface area contributed by atoms with Crippen molar-refractivity contribution in [1.82, 2.24) is 14.8 Å². The Kier molecular flexibility index (Phi) is 7.38. The van der Waals surface area contributed by atoms with Gasteiger partial charge in [-0.15, -0.1) is 11.3 Å². The summed E-state index contributed by atoms with van der Waals surface area (Å²) in [4.78, 5) is 22.4. The Morgan fingerprint density at radius 3 is 2.52 bits per heavy atom. The minimum atomic E-state index is 0.0740. The van der Waals surface area contributed by atoms with Gasteiger partial charge >= 0.3 is 0 Å². The van der Waals surface area contributed by atoms with E-state index in [0.717, 1.165) is 68.5 Å². The number of aryl methyl sites for hydroxylation is 1. The Labute approximate surface area is 189 Å². The quantitative estimate of drug-likeness (QED) is 0.735. The highest BCUT2D eigenvalue weighted by molar-refractivity contribution is 7.09. The molecule has 1 aromatic carbocycles. The molecule has 31 heavy (non-hydrogen) atoms. The number of thiazole rings is 1. The third kappa shape index (κ3) is 6.13. The molecule has 4 rings (SSSR count). The summed E-state index contributed by atoms with van der Waals surface area (Å²) in [5, 5.41) is 6.49. The van der Waals surface area contributed by atoms with Crippen molar-refractivity contribution >= 4 is 22.9 Å². The van der Waals surface area contributed by atoms with Gasteiger partial charge in [0.1, 0.15) is 0 Å². The first-order chi connectivity index (χ1) is 15.0. The van der Waals surface area contributed by atoms with Crippen LogP contribution in [-0.2, 0) is 22.6 Å². The average Bonchev–Trinajstić information content (AvgIpc) is 3.14. The molecule has 0 bridgehead atoms. The number of hydrogen-bond acceptors (Lipinski definition) is 6. The van der Waals surface area contributed by atoms with Crippen LogP contribution in [0.3, 0.4) is 0 Å². The van der Waals surface area contributed by atoms with Gasteiger partial charge in [-0.2, -0.15) is 0 Å². The van der Waals surface area contributed by atoms with E-state index in [1.165, 1.54) is 5.56 Å². The Morgan fingerprint density at radius 2 is 1.84 bits per heavy atom. The Balaban J connectivity index is 1.31. The van der Waals surface area contributed by atoms with Crippen LogP contribution < -0.4 is 5.32 Å². The van der Waals surface area contributed by atoms with E-state index in [1.807, 2.05) is 19.1 Å². The van der Waals surface area contributed by atoms with Gasteiger partial charge in [-0.3, -0.25) is 14.6 Å². The topological polar surface area (TPSA) is 57.7 Å². The SMILES string of the molecule is Cc1nc(CN2CCC(C(=O)Nc3ccccc3CN3CC(C)OC(C)C3)CC2)cs1. The number of aromatic nitrogens is 1. The summed E-state index contributed by atoms with van der Waals surface area (Å²) in [6, 6.07) is 8.21. The highest BCUT2D eigenvalue weighted by Gasteiger charge is 2.27. The van der Waals surface area contributed by atoms with Crippen molar-refractivity contribution in [2.24, 2.45) is 5.92 Å². The van der Waals surface area contributed by atoms with Crippen LogP contribution >= 0.6 is 11.3 Å². The molecule has 1 N–H and O–H groups in total. The molecule has 1 aromatic heterocycles. The van der Waals surface area contributed by atoms with Crippen LogP contribution in [0.15, 0.2) is 29.6 Å². The summed E-state index contributed by atoms with van der Waals surface area (Å²) in [6.07, 6.45) is 2.28. The van der Waals surface area contributed by atoms with Gasteiger partial charge in [-0.1, -0.05) is 18.2 Å². The smallest absolute Gasteiger partial charge is 0.227 e. The molecule has 6 nitrogen and oxygen atoms in total. The molecule has 2 atom stereocenters. The Morgan fingerprint density at radius 1 is 1.13 bits per heavy atom. The maximum Gasteiger partial charge on any atom is 0.227 e. The summed E-state index contributed by atoms with van der Waals surface area (Å²) in [6.45, 7) is 11.7. The molecule has 2 aromatic rings. The number of rotatable bonds is 6. The number of carbonyl (C=O) groups excluding carboxylic acids is 1. The van der Waals surface area contributed by atoms with E-state index in [0.29, 0.717) is 0 Å². The molecule has 168 valence electrons. The number of nitrogens with one attached hydrogen (secondary N) is 1. The van der Waals surface area contributed by atoms with Crippen molar-refractivity contribution in [3.05, 3.63) is 45.9 Å². The Bertz CT molecular complexity index is 868. The number of morpholine rings is 1. The molecule has 0 spiro atoms. The minimum Gasteiger partial charge on any atom is -0.373 e. The molecule has 3 heterocycles. The maximum atomic E-state index is 13.0. The molecule has 2 unspecified atom stereocenters. The Hall–Kier alpha value is -1.80. The number of hydrogen-bond donors (Lipinski definition) is 1. The summed E-state index contributed by atoms with van der Waals surface area (Å²) >= 11 is 1.70. The average molecular weight is 443 g/mol. The van der Waals surface area contributed by atoms with Gasteiger partial charge in [0.25, 0.3) is 0 Å². The van der Waals surface area contributed by atoms with Gasteiger partial charge < -0.3 is 10.1 Å². The third-order valence-electron chi connectivity index (χ3n) is 6.17. The lowest BCUT2D eigenvalue weighted by molar-refractivity contribution is -0.121. The predicted octanol–water partition coefficient (Wildman–Crippen LogP) is 3.91. The third-order valence-corrected chi connectivity index (χ3v) is 7.00. The first kappa shape index (κ1) is 22.4. The van der Waals surface area contributed by atoms with Crippen molar-refractivity contribution in [3.8, 4) is 0 Å². The molecule has 7 heteroatoms. The fourth-order valence-corrected chi connectivity index (χ4v) is 5.34. The van der Waals surface area contributed by atoms with Gasteiger partial charge in [0.05, 0.1) is 22.9 Å². The second-order valence-electron chi connectivity index (χ2n) is 9.01. The lowest BCUT2D eigenvalue weighted by Gasteiger charge is -2.35. The van der Waals surface area contributed by atoms with Crippen LogP contribution in [-0.4, -0.2) is 59.1 Å². The second-order valence-corrected chi connectivity index (χ2v) is 10.1. The highest BCUT2D eigenvalue weighted by atomic mass is 32.1. The molecular formula is C24H34N4O2S. The van der Waals surface area contributed by atoms with Crippen LogP contribution in [0.2, 0.25) is 0 Å². The van der Waals surface area contributed by atoms with Crippen LogP contribution in [0, 0.1) is 12.8 Å². The van der Waals surface area contributed by atoms with Crippen molar-refractivity contribution in [2.75, 3.05) is 31.5 Å². The number of para-hydroxylation sites is 1. The normalized spacial score (nSPS) is 23.7. The first-order valence-corrected chi connectivity index (χ1v) is 12.2. The van der Waals surface area contributed by atoms with Crippen molar-refractivity contribution in [3.63, 3.8) is 0 Å². The standard InChI is InChI=1S/C24H34N4O2S/c1-17-12-28(13-18(2)30-17)14-21-6-4-5-7-23(21)26-24(29)20-8-10-27(11-9-20)15-22-16-31-19(3)25-22/h4-7,16-18,20H,8-15H2,1-3H3,(H,26,29). The van der Waals surface area contributed by atoms with E-state index >= 15 is 0 Å². The van der Waals surface area contributed by atoms with E-state index in [2.05, 4.69) is 51.5 Å². The lowest BCUT2D eigenvalue weighted by Crippen LogP contribution is -2.45. The largest absolute Gasteiger partial charge is 0.373 e. The molecule has 0 radical (unpaired) electrons. The molecule has 1 amide bonds. The summed E-state index contributed by atoms with van der Waals surface area (Å²) in [7, 11) is 0. The number of carbonyl (C=O) groups is 1. The van der Waals surface area contributed by atoms with Gasteiger partial charge in [0, 0.05) is 43.2 Å². The van der Waals surface area contributed by atoms with Gasteiger partial charge in [0.2, 0.25) is 5.91 Å². The van der Waals surface area contributed by atoms with E-state index in [4.69, 9.17) is 4.74 Å². The number of nitrogens with zero attached hydrogens (tertiary/aromatic N) is 3. The summed E-state index contributed by atoms with van der Waals surface area (Å²) < 4.78 is 5.86. The van der Waals surface area contributed by atoms with E-state index in [-0.39, 0.29) is 24.0 Å². The highest BCUT2D eigenvalue weighted by Crippen LogP contribution is 2.24. The molecule has 0 saturated carbocycles. The fraction of sp³-hybridized carbons (Fsp3) is 0.583. The zero-order chi connectivity index (χ0) is 21.8. The number of amides is 1. The maximum absolute atomic E-state index is 13.0. The van der Waals surface area contributed by atoms with Crippen LogP contribution in [0.1, 0.15) is 43.0 Å². The molecule has 0 aliphatic carbocycles. The van der Waals surface area contributed by atoms with E-state index in [1.54, 1.807) is 11.3 Å². The molecular weight excluding hydrogens is 408 g/mol. The molecule has 2 fully saturated rings. The van der Waals surface area contributed by atoms with E-state index in [9.17, 15) is 4.79 Å². The van der Waals surface area contributed by atoms with Crippen LogP contribution in [0.4, 0.5) is 5.69 Å². The summed E-state index contributed by atoms with van der Waals surface area (Å²) in [5.41, 5.74) is 3.26. The number of piperidine rings is 1. The number of ether oxygens (including phenoxy) is 1. The van der Waals surface area contributed by atoms with Gasteiger partial charge in [-0.05, 0) is 58.3 Å². The predicted molar refractivity (Wildman–Crippen MR) is 125 cm³/mol. The fourth-order valence-electron chi connectivity index (χ4n) is 4.73. The van der Waals surface area contributed by atoms with Crippen LogP contribution in [0.5, 0.6) is 0 Å². The van der Waals surface area contributed by atoms with Gasteiger partial charge in [0.15, 0.2) is 0 Å². The van der Waals surface area contributed by atoms with Crippen molar-refractivity contribution in [1.29, 1.82) is 0 Å². The molecule has 2 saturated heterocycles. The number of likely N-dealkylation sites (tertiary alicyclic amines) is 1. The van der Waals surface area contributed by atoms with E-state index < -0.39 is 0 Å². The van der Waals surface area contributed by atoms with Crippen molar-refractivity contribution in [2.45, 2.75) is 58.9 Å². The summed E-state index contributed by atoms with van der Waals surface area (Å²) in [5.74, 6) is 0.227. The van der Waals surface area contributed by atoms with Gasteiger partial charge in [-0.25, -0.2) is 4.98 Å². The second kappa shape index (κ2) is 10.2. The number of anilines is 1. The zero-order valence-corrected chi connectivity index (χ0v) is 19.7. The monoisotopic (exact) mass is 442 g/mol. The molecule has 2 aliphatic heterocycles. The first-order valence-electron chi connectivity index (χ1n) is 11.4.